The van der Waals surface area contributed by atoms with Crippen LogP contribution in [0.1, 0.15) is 0 Å². The van der Waals surface area contributed by atoms with Crippen LogP contribution in [0.15, 0.2) is 23.1 Å². The fourth-order valence-corrected chi connectivity index (χ4v) is 3.03. The molecule has 2 rings (SSSR count). The van der Waals surface area contributed by atoms with Gasteiger partial charge in [0.15, 0.2) is 0 Å². The molecule has 26 heavy (non-hydrogen) atoms. The lowest BCUT2D eigenvalue weighted by molar-refractivity contribution is -0.384. The number of hydrogen-bond donors (Lipinski definition) is 2. The van der Waals surface area contributed by atoms with E-state index >= 15 is 0 Å². The molecule has 1 aliphatic rings. The van der Waals surface area contributed by atoms with Crippen LogP contribution in [0.3, 0.4) is 0 Å². The van der Waals surface area contributed by atoms with E-state index in [4.69, 9.17) is 14.6 Å². The number of nitro groups is 1. The molecule has 1 amide bonds. The Morgan fingerprint density at radius 3 is 2.88 bits per heavy atom. The van der Waals surface area contributed by atoms with Crippen LogP contribution in [-0.4, -0.2) is 70.2 Å². The maximum absolute atomic E-state index is 11.9. The molecule has 0 bridgehead atoms. The van der Waals surface area contributed by atoms with E-state index in [1.807, 2.05) is 0 Å². The molecule has 0 unspecified atom stereocenters. The minimum Gasteiger partial charge on any atom is -0.377 e. The molecular weight excluding hydrogens is 368 g/mol. The number of rotatable bonds is 7. The molecule has 144 valence electrons. The summed E-state index contributed by atoms with van der Waals surface area (Å²) >= 11 is 0. The Morgan fingerprint density at radius 1 is 1.54 bits per heavy atom. The molecule has 1 saturated heterocycles. The van der Waals surface area contributed by atoms with E-state index in [9.17, 15) is 23.3 Å². The van der Waals surface area contributed by atoms with E-state index in [1.165, 1.54) is 19.2 Å². The summed E-state index contributed by atoms with van der Waals surface area (Å²) in [7, 11) is -2.61. The minimum absolute atomic E-state index is 0.0271. The van der Waals surface area contributed by atoms with E-state index < -0.39 is 20.6 Å². The molecule has 0 aromatic heterocycles. The number of benzene rings is 1. The molecule has 0 radical (unpaired) electrons. The number of nitrogens with zero attached hydrogens (tertiary/aromatic N) is 2. The van der Waals surface area contributed by atoms with Crippen molar-refractivity contribution in [2.45, 2.75) is 11.0 Å². The summed E-state index contributed by atoms with van der Waals surface area (Å²) in [6.07, 6.45) is -0.373. The Morgan fingerprint density at radius 2 is 2.27 bits per heavy atom. The van der Waals surface area contributed by atoms with E-state index in [0.29, 0.717) is 19.7 Å². The van der Waals surface area contributed by atoms with Gasteiger partial charge in [0.1, 0.15) is 12.3 Å². The second-order valence-corrected chi connectivity index (χ2v) is 7.19. The van der Waals surface area contributed by atoms with Crippen molar-refractivity contribution in [2.75, 3.05) is 45.3 Å². The molecular formula is C14H20N4O7S. The molecule has 1 aromatic carbocycles. The third-order valence-electron chi connectivity index (χ3n) is 3.77. The average molecular weight is 388 g/mol. The van der Waals surface area contributed by atoms with Gasteiger partial charge in [-0.05, 0) is 12.1 Å². The first-order chi connectivity index (χ1) is 12.2. The van der Waals surface area contributed by atoms with Crippen LogP contribution in [0.2, 0.25) is 0 Å². The number of carbonyl (C=O) groups is 1. The number of nitro benzene ring substituents is 1. The number of primary sulfonamides is 1. The number of nitrogens with two attached hydrogens (primary N) is 1. The zero-order chi connectivity index (χ0) is 19.3. The van der Waals surface area contributed by atoms with Crippen molar-refractivity contribution in [2.24, 2.45) is 5.14 Å². The van der Waals surface area contributed by atoms with Gasteiger partial charge in [0.25, 0.3) is 5.69 Å². The van der Waals surface area contributed by atoms with Gasteiger partial charge in [-0.1, -0.05) is 0 Å². The monoisotopic (exact) mass is 388 g/mol. The summed E-state index contributed by atoms with van der Waals surface area (Å²) in [6, 6.07) is 3.35. The maximum Gasteiger partial charge on any atom is 0.293 e. The first-order valence-electron chi connectivity index (χ1n) is 7.66. The van der Waals surface area contributed by atoms with Gasteiger partial charge >= 0.3 is 0 Å². The van der Waals surface area contributed by atoms with E-state index in [-0.39, 0.29) is 35.7 Å². The van der Waals surface area contributed by atoms with Crippen LogP contribution in [0.4, 0.5) is 11.4 Å². The standard InChI is InChI=1S/C14H20N4O7S/c1-24-9-14(19)17-4-5-25-10(8-17)7-16-12-3-2-11(26(15,22)23)6-13(12)18(20)21/h2-3,6,10,16H,4-5,7-9H2,1H3,(H2,15,22,23)/t10-/m1/s1. The number of amides is 1. The van der Waals surface area contributed by atoms with Crippen LogP contribution in [-0.2, 0) is 24.3 Å². The lowest BCUT2D eigenvalue weighted by Gasteiger charge is -2.33. The highest BCUT2D eigenvalue weighted by molar-refractivity contribution is 7.89. The fourth-order valence-electron chi connectivity index (χ4n) is 2.50. The summed E-state index contributed by atoms with van der Waals surface area (Å²) in [5.74, 6) is -0.163. The van der Waals surface area contributed by atoms with Gasteiger partial charge in [-0.2, -0.15) is 0 Å². The predicted molar refractivity (Wildman–Crippen MR) is 91.2 cm³/mol. The summed E-state index contributed by atoms with van der Waals surface area (Å²) < 4.78 is 33.1. The number of carbonyl (C=O) groups excluding carboxylic acids is 1. The first-order valence-corrected chi connectivity index (χ1v) is 9.20. The second kappa shape index (κ2) is 8.40. The Bertz CT molecular complexity index is 784. The van der Waals surface area contributed by atoms with E-state index in [0.717, 1.165) is 6.07 Å². The van der Waals surface area contributed by atoms with Crippen molar-refractivity contribution in [3.05, 3.63) is 28.3 Å². The Labute approximate surface area is 150 Å². The molecule has 0 spiro atoms. The van der Waals surface area contributed by atoms with Gasteiger partial charge in [0.05, 0.1) is 22.5 Å². The van der Waals surface area contributed by atoms with Crippen LogP contribution in [0, 0.1) is 10.1 Å². The van der Waals surface area contributed by atoms with Crippen LogP contribution in [0.5, 0.6) is 0 Å². The smallest absolute Gasteiger partial charge is 0.293 e. The van der Waals surface area contributed by atoms with Gasteiger partial charge < -0.3 is 19.7 Å². The van der Waals surface area contributed by atoms with E-state index in [1.54, 1.807) is 4.90 Å². The zero-order valence-electron chi connectivity index (χ0n) is 14.1. The maximum atomic E-state index is 11.9. The molecule has 1 atom stereocenters. The molecule has 12 heteroatoms. The van der Waals surface area contributed by atoms with Crippen molar-refractivity contribution in [3.63, 3.8) is 0 Å². The first kappa shape index (κ1) is 20.0. The van der Waals surface area contributed by atoms with Crippen molar-refractivity contribution in [3.8, 4) is 0 Å². The van der Waals surface area contributed by atoms with Crippen molar-refractivity contribution in [1.82, 2.24) is 4.90 Å². The molecule has 11 nitrogen and oxygen atoms in total. The van der Waals surface area contributed by atoms with Gasteiger partial charge in [-0.3, -0.25) is 14.9 Å². The molecule has 1 fully saturated rings. The van der Waals surface area contributed by atoms with Crippen molar-refractivity contribution < 1.29 is 27.6 Å². The summed E-state index contributed by atoms with van der Waals surface area (Å²) in [5, 5.41) is 19.1. The van der Waals surface area contributed by atoms with Gasteiger partial charge in [0, 0.05) is 32.8 Å². The van der Waals surface area contributed by atoms with Crippen molar-refractivity contribution >= 4 is 27.3 Å². The Hall–Kier alpha value is -2.28. The highest BCUT2D eigenvalue weighted by Gasteiger charge is 2.25. The van der Waals surface area contributed by atoms with E-state index in [2.05, 4.69) is 5.32 Å². The fraction of sp³-hybridized carbons (Fsp3) is 0.500. The lowest BCUT2D eigenvalue weighted by atomic mass is 10.2. The minimum atomic E-state index is -4.05. The van der Waals surface area contributed by atoms with Crippen LogP contribution < -0.4 is 10.5 Å². The van der Waals surface area contributed by atoms with Gasteiger partial charge in [0.2, 0.25) is 15.9 Å². The summed E-state index contributed by atoms with van der Waals surface area (Å²) in [4.78, 5) is 23.6. The van der Waals surface area contributed by atoms with Gasteiger partial charge in [-0.25, -0.2) is 13.6 Å². The number of methoxy groups -OCH3 is 1. The quantitative estimate of drug-likeness (QED) is 0.469. The number of hydrogen-bond acceptors (Lipinski definition) is 8. The van der Waals surface area contributed by atoms with Crippen LogP contribution >= 0.6 is 0 Å². The highest BCUT2D eigenvalue weighted by Crippen LogP contribution is 2.27. The average Bonchev–Trinajstić information content (AvgIpc) is 2.59. The summed E-state index contributed by atoms with van der Waals surface area (Å²) in [5.41, 5.74) is -0.286. The highest BCUT2D eigenvalue weighted by atomic mass is 32.2. The van der Waals surface area contributed by atoms with Crippen LogP contribution in [0.25, 0.3) is 0 Å². The predicted octanol–water partition coefficient (Wildman–Crippen LogP) is -0.472. The molecule has 0 saturated carbocycles. The Kier molecular flexibility index (Phi) is 6.47. The number of nitrogens with one attached hydrogen (secondary N) is 1. The summed E-state index contributed by atoms with van der Waals surface area (Å²) in [6.45, 7) is 1.28. The number of ether oxygens (including phenoxy) is 2. The van der Waals surface area contributed by atoms with Crippen molar-refractivity contribution in [1.29, 1.82) is 0 Å². The number of anilines is 1. The third kappa shape index (κ3) is 5.11. The molecule has 1 heterocycles. The third-order valence-corrected chi connectivity index (χ3v) is 4.68. The second-order valence-electron chi connectivity index (χ2n) is 5.63. The molecule has 3 N–H and O–H groups in total. The lowest BCUT2D eigenvalue weighted by Crippen LogP contribution is -2.48. The number of morpholine rings is 1. The zero-order valence-corrected chi connectivity index (χ0v) is 14.9. The Balaban J connectivity index is 2.07. The molecule has 0 aliphatic carbocycles. The van der Waals surface area contributed by atoms with Gasteiger partial charge in [-0.15, -0.1) is 0 Å². The number of sulfonamides is 1. The SMILES string of the molecule is COCC(=O)N1CCO[C@H](CNc2ccc(S(N)(=O)=O)cc2[N+](=O)[O-])C1. The normalized spacial score (nSPS) is 17.8. The topological polar surface area (TPSA) is 154 Å². The largest absolute Gasteiger partial charge is 0.377 e. The molecule has 1 aromatic rings. The molecule has 1 aliphatic heterocycles.